The Morgan fingerprint density at radius 3 is 0.844 bits per heavy atom. The highest BCUT2D eigenvalue weighted by Gasteiger charge is 2.41. The van der Waals surface area contributed by atoms with Crippen LogP contribution in [0.5, 0.6) is 11.5 Å². The lowest BCUT2D eigenvalue weighted by atomic mass is 10.1. The molecular formula is C50H102N2O6Si6+2. The van der Waals surface area contributed by atoms with Crippen molar-refractivity contribution < 1.29 is 34.9 Å². The molecule has 0 bridgehead atoms. The van der Waals surface area contributed by atoms with Crippen molar-refractivity contribution in [3.05, 3.63) is 48.5 Å². The van der Waals surface area contributed by atoms with Gasteiger partial charge in [0, 0.05) is 0 Å². The minimum atomic E-state index is -2.23. The maximum Gasteiger partial charge on any atom is 0.311 e. The fourth-order valence-electron chi connectivity index (χ4n) is 10.1. The minimum Gasteiger partial charge on any atom is -0.494 e. The molecular weight excluding hydrogens is 893 g/mol. The Hall–Kier alpha value is -0.899. The van der Waals surface area contributed by atoms with E-state index in [1.54, 1.807) is 0 Å². The highest BCUT2D eigenvalue weighted by Crippen LogP contribution is 2.30. The predicted molar refractivity (Wildman–Crippen MR) is 293 cm³/mol. The lowest BCUT2D eigenvalue weighted by molar-refractivity contribution is -0.923. The van der Waals surface area contributed by atoms with Gasteiger partial charge < -0.3 is 34.9 Å². The zero-order chi connectivity index (χ0) is 48.4. The summed E-state index contributed by atoms with van der Waals surface area (Å²) in [6.07, 6.45) is 7.07. The molecule has 0 amide bonds. The van der Waals surface area contributed by atoms with Gasteiger partial charge in [0.2, 0.25) is 0 Å². The Labute approximate surface area is 402 Å². The van der Waals surface area contributed by atoms with Crippen molar-refractivity contribution in [1.29, 1.82) is 0 Å². The molecule has 2 rings (SSSR count). The van der Waals surface area contributed by atoms with Crippen LogP contribution in [0.4, 0.5) is 0 Å². The van der Waals surface area contributed by atoms with Crippen molar-refractivity contribution in [2.45, 2.75) is 183 Å². The van der Waals surface area contributed by atoms with Gasteiger partial charge in [0.15, 0.2) is 33.3 Å². The number of quaternary nitrogens is 2. The van der Waals surface area contributed by atoms with E-state index in [0.717, 1.165) is 36.4 Å². The normalized spacial score (nSPS) is 13.7. The summed E-state index contributed by atoms with van der Waals surface area (Å²) in [7, 11) is -11.9. The SMILES string of the molecule is CC[N+](CC)(CC)CCCC[Si](C)(C)O[Si](C)(C)O[Si](C)(C)CCCOc1ccc(-c2ccc(OCCC[Si](C)(C)O[Si](C)(C)O[Si](C)(C)CCCC[N+](CC)(CC)CC)cc2)cc1. The van der Waals surface area contributed by atoms with Gasteiger partial charge in [-0.1, -0.05) is 24.3 Å². The number of unbranched alkanes of at least 4 members (excludes halogenated alkanes) is 2. The highest BCUT2D eigenvalue weighted by atomic mass is 28.5. The smallest absolute Gasteiger partial charge is 0.311 e. The monoisotopic (exact) mass is 995 g/mol. The summed E-state index contributed by atoms with van der Waals surface area (Å²) in [5, 5.41) is 0. The second-order valence-corrected chi connectivity index (χ2v) is 47.1. The van der Waals surface area contributed by atoms with Crippen LogP contribution >= 0.6 is 0 Å². The van der Waals surface area contributed by atoms with Crippen LogP contribution in [0, 0.1) is 0 Å². The molecule has 0 aliphatic heterocycles. The molecule has 0 fully saturated rings. The number of hydrogen-bond donors (Lipinski definition) is 0. The number of benzene rings is 2. The molecule has 0 atom stereocenters. The Morgan fingerprint density at radius 2 is 0.594 bits per heavy atom. The zero-order valence-corrected chi connectivity index (χ0v) is 51.1. The van der Waals surface area contributed by atoms with Crippen molar-refractivity contribution in [2.75, 3.05) is 65.6 Å². The van der Waals surface area contributed by atoms with Gasteiger partial charge in [-0.3, -0.25) is 0 Å². The van der Waals surface area contributed by atoms with Crippen LogP contribution in [-0.2, 0) is 16.5 Å². The zero-order valence-electron chi connectivity index (χ0n) is 45.1. The Kier molecular flexibility index (Phi) is 24.8. The van der Waals surface area contributed by atoms with E-state index < -0.39 is 50.4 Å². The van der Waals surface area contributed by atoms with Crippen molar-refractivity contribution in [3.8, 4) is 22.6 Å². The summed E-state index contributed by atoms with van der Waals surface area (Å²) < 4.78 is 42.6. The lowest BCUT2D eigenvalue weighted by Crippen LogP contribution is -2.52. The average molecular weight is 996 g/mol. The second-order valence-electron chi connectivity index (χ2n) is 22.1. The van der Waals surface area contributed by atoms with Gasteiger partial charge in [-0.2, -0.15) is 0 Å². The Morgan fingerprint density at radius 1 is 0.344 bits per heavy atom. The maximum absolute atomic E-state index is 6.92. The summed E-state index contributed by atoms with van der Waals surface area (Å²) >= 11 is 0. The van der Waals surface area contributed by atoms with Crippen molar-refractivity contribution in [3.63, 3.8) is 0 Å². The first kappa shape index (κ1) is 59.2. The molecule has 0 spiro atoms. The van der Waals surface area contributed by atoms with Crippen LogP contribution in [0.1, 0.15) is 80.1 Å². The lowest BCUT2D eigenvalue weighted by Gasteiger charge is -2.39. The van der Waals surface area contributed by atoms with Gasteiger partial charge >= 0.3 is 17.1 Å². The van der Waals surface area contributed by atoms with Crippen molar-refractivity contribution >= 4 is 50.4 Å². The molecule has 64 heavy (non-hydrogen) atoms. The molecule has 2 aromatic carbocycles. The third-order valence-electron chi connectivity index (χ3n) is 13.9. The number of rotatable bonds is 35. The molecule has 370 valence electrons. The van der Waals surface area contributed by atoms with E-state index >= 15 is 0 Å². The summed E-state index contributed by atoms with van der Waals surface area (Å²) in [5.41, 5.74) is 2.34. The van der Waals surface area contributed by atoms with E-state index in [2.05, 4.69) is 169 Å². The van der Waals surface area contributed by atoms with E-state index in [1.807, 2.05) is 0 Å². The molecule has 2 aromatic rings. The average Bonchev–Trinajstić information content (AvgIpc) is 3.20. The summed E-state index contributed by atoms with van der Waals surface area (Å²) in [4.78, 5) is 0. The van der Waals surface area contributed by atoms with Gasteiger partial charge in [-0.25, -0.2) is 0 Å². The summed E-state index contributed by atoms with van der Waals surface area (Å²) in [6.45, 7) is 53.4. The quantitative estimate of drug-likeness (QED) is 0.0390. The third kappa shape index (κ3) is 22.5. The number of nitrogens with zero attached hydrogens (tertiary/aromatic N) is 2. The van der Waals surface area contributed by atoms with Crippen LogP contribution in [0.2, 0.25) is 103 Å². The number of hydrogen-bond acceptors (Lipinski definition) is 6. The molecule has 0 saturated heterocycles. The Balaban J connectivity index is 1.74. The predicted octanol–water partition coefficient (Wildman–Crippen LogP) is 14.5. The van der Waals surface area contributed by atoms with E-state index in [4.69, 9.17) is 25.9 Å². The number of ether oxygens (including phenoxy) is 2. The van der Waals surface area contributed by atoms with Crippen LogP contribution in [0.15, 0.2) is 48.5 Å². The molecule has 0 radical (unpaired) electrons. The fourth-order valence-corrected chi connectivity index (χ4v) is 38.3. The second kappa shape index (κ2) is 26.7. The largest absolute Gasteiger partial charge is 0.494 e. The molecule has 0 aromatic heterocycles. The van der Waals surface area contributed by atoms with Crippen molar-refractivity contribution in [1.82, 2.24) is 0 Å². The highest BCUT2D eigenvalue weighted by molar-refractivity contribution is 6.88. The van der Waals surface area contributed by atoms with E-state index in [0.29, 0.717) is 13.2 Å². The Bertz CT molecular complexity index is 1450. The van der Waals surface area contributed by atoms with E-state index in [9.17, 15) is 0 Å². The molecule has 8 nitrogen and oxygen atoms in total. The van der Waals surface area contributed by atoms with Crippen LogP contribution in [0.3, 0.4) is 0 Å². The molecule has 0 unspecified atom stereocenters. The summed E-state index contributed by atoms with van der Waals surface area (Å²) in [6, 6.07) is 21.5. The van der Waals surface area contributed by atoms with Gasteiger partial charge in [0.25, 0.3) is 0 Å². The van der Waals surface area contributed by atoms with Crippen LogP contribution in [0.25, 0.3) is 11.1 Å². The topological polar surface area (TPSA) is 55.4 Å². The van der Waals surface area contributed by atoms with Gasteiger partial charge in [0.1, 0.15) is 11.5 Å². The van der Waals surface area contributed by atoms with Gasteiger partial charge in [0.05, 0.1) is 65.6 Å². The minimum absolute atomic E-state index is 0.693. The first-order chi connectivity index (χ1) is 29.7. The fraction of sp³-hybridized carbons (Fsp3) is 0.760. The third-order valence-corrected chi connectivity index (χ3v) is 36.8. The van der Waals surface area contributed by atoms with E-state index in [-0.39, 0.29) is 0 Å². The first-order valence-corrected chi connectivity index (χ1v) is 43.8. The van der Waals surface area contributed by atoms with Crippen LogP contribution < -0.4 is 9.47 Å². The maximum atomic E-state index is 6.92. The first-order valence-electron chi connectivity index (χ1n) is 25.7. The molecule has 0 N–H and O–H groups in total. The summed E-state index contributed by atoms with van der Waals surface area (Å²) in [5.74, 6) is 1.82. The molecule has 0 aliphatic rings. The molecule has 0 aliphatic carbocycles. The van der Waals surface area contributed by atoms with E-state index in [1.165, 1.54) is 110 Å². The van der Waals surface area contributed by atoms with Gasteiger partial charge in [-0.15, -0.1) is 0 Å². The standard InChI is InChI=1S/C50H102N2O6Si6/c1-19-51(20-2,21-3)39-25-27-43-59(7,8)55-63(15,16)57-61(11,12)45-29-41-53-49-35-31-47(32-36-49)48-33-37-50(38-34-48)54-42-30-46-62(13,14)58-64(17,18)56-60(9,10)44-28-26-40-52(22-4,23-5)24-6/h31-38H,19-30,39-46H2,1-18H3/q+2. The van der Waals surface area contributed by atoms with Gasteiger partial charge in [-0.05, 0) is 218 Å². The van der Waals surface area contributed by atoms with Crippen molar-refractivity contribution in [2.24, 2.45) is 0 Å². The molecule has 0 saturated carbocycles. The molecule has 14 heteroatoms. The van der Waals surface area contributed by atoms with Crippen LogP contribution in [-0.4, -0.2) is 125 Å². The molecule has 0 heterocycles.